The zero-order valence-electron chi connectivity index (χ0n) is 22.2. The highest BCUT2D eigenvalue weighted by molar-refractivity contribution is 5.87. The summed E-state index contributed by atoms with van der Waals surface area (Å²) in [4.78, 5) is 22.4. The van der Waals surface area contributed by atoms with Crippen LogP contribution in [0.15, 0.2) is 67.3 Å². The summed E-state index contributed by atoms with van der Waals surface area (Å²) < 4.78 is 21.5. The van der Waals surface area contributed by atoms with E-state index in [0.717, 1.165) is 59.9 Å². The number of aliphatic hydroxyl groups excluding tert-OH is 1. The molecule has 7 nitrogen and oxygen atoms in total. The van der Waals surface area contributed by atoms with Crippen molar-refractivity contribution in [2.45, 2.75) is 39.0 Å². The number of aryl methyl sites for hydroxylation is 1. The number of rotatable bonds is 18. The summed E-state index contributed by atoms with van der Waals surface area (Å²) in [6.07, 6.45) is 9.47. The van der Waals surface area contributed by atoms with Crippen molar-refractivity contribution in [3.8, 4) is 11.5 Å². The molecule has 0 saturated heterocycles. The van der Waals surface area contributed by atoms with E-state index in [2.05, 4.69) is 25.3 Å². The molecule has 0 radical (unpaired) electrons. The van der Waals surface area contributed by atoms with Gasteiger partial charge in [0, 0.05) is 12.5 Å². The number of aliphatic hydroxyl groups is 1. The van der Waals surface area contributed by atoms with Gasteiger partial charge in [-0.05, 0) is 73.6 Å². The molecule has 38 heavy (non-hydrogen) atoms. The normalized spacial score (nSPS) is 10.7. The smallest absolute Gasteiger partial charge is 0.335 e. The van der Waals surface area contributed by atoms with Crippen LogP contribution >= 0.6 is 0 Å². The van der Waals surface area contributed by atoms with Gasteiger partial charge in [0.1, 0.15) is 11.5 Å². The number of unbranched alkanes of at least 4 members (excludes halogenated alkanes) is 3. The lowest BCUT2D eigenvalue weighted by atomic mass is 10.1. The Morgan fingerprint density at radius 3 is 2.13 bits per heavy atom. The van der Waals surface area contributed by atoms with Gasteiger partial charge in [-0.25, -0.2) is 9.59 Å². The highest BCUT2D eigenvalue weighted by Crippen LogP contribution is 2.21. The molecule has 0 fully saturated rings. The van der Waals surface area contributed by atoms with E-state index < -0.39 is 11.9 Å². The Morgan fingerprint density at radius 2 is 1.45 bits per heavy atom. The van der Waals surface area contributed by atoms with Gasteiger partial charge in [0.05, 0.1) is 38.6 Å². The zero-order valence-corrected chi connectivity index (χ0v) is 22.2. The van der Waals surface area contributed by atoms with Crippen LogP contribution < -0.4 is 9.47 Å². The summed E-state index contributed by atoms with van der Waals surface area (Å²) in [6, 6.07) is 13.9. The first-order valence-electron chi connectivity index (χ1n) is 12.8. The maximum Gasteiger partial charge on any atom is 0.335 e. The third-order valence-corrected chi connectivity index (χ3v) is 5.52. The second-order valence-electron chi connectivity index (χ2n) is 8.66. The molecule has 0 aliphatic carbocycles. The minimum Gasteiger partial charge on any atom is -0.493 e. The molecule has 0 aliphatic heterocycles. The maximum absolute atomic E-state index is 11.4. The largest absolute Gasteiger partial charge is 0.493 e. The summed E-state index contributed by atoms with van der Waals surface area (Å²) >= 11 is 0. The molecule has 2 rings (SSSR count). The van der Waals surface area contributed by atoms with Gasteiger partial charge in [0.2, 0.25) is 0 Å². The van der Waals surface area contributed by atoms with Gasteiger partial charge in [0.15, 0.2) is 0 Å². The van der Waals surface area contributed by atoms with Gasteiger partial charge in [-0.3, -0.25) is 0 Å². The van der Waals surface area contributed by atoms with Gasteiger partial charge < -0.3 is 24.1 Å². The molecule has 0 unspecified atom stereocenters. The number of benzene rings is 2. The third kappa shape index (κ3) is 11.9. The lowest BCUT2D eigenvalue weighted by molar-refractivity contribution is -0.140. The average molecular weight is 523 g/mol. The first kappa shape index (κ1) is 30.4. The van der Waals surface area contributed by atoms with E-state index in [4.69, 9.17) is 24.1 Å². The fourth-order valence-corrected chi connectivity index (χ4v) is 3.36. The van der Waals surface area contributed by atoms with Crippen LogP contribution in [0.5, 0.6) is 11.5 Å². The Morgan fingerprint density at radius 1 is 0.816 bits per heavy atom. The van der Waals surface area contributed by atoms with E-state index in [1.165, 1.54) is 0 Å². The predicted molar refractivity (Wildman–Crippen MR) is 149 cm³/mol. The van der Waals surface area contributed by atoms with E-state index in [1.54, 1.807) is 0 Å². The zero-order chi connectivity index (χ0) is 27.6. The van der Waals surface area contributed by atoms with Crippen LogP contribution in [0.25, 0.3) is 12.2 Å². The van der Waals surface area contributed by atoms with Gasteiger partial charge in [0.25, 0.3) is 0 Å². The van der Waals surface area contributed by atoms with E-state index in [-0.39, 0.29) is 12.2 Å². The van der Waals surface area contributed by atoms with Crippen LogP contribution in [-0.4, -0.2) is 50.1 Å². The quantitative estimate of drug-likeness (QED) is 0.116. The third-order valence-electron chi connectivity index (χ3n) is 5.52. The molecular formula is C31H38O7. The molecular weight excluding hydrogens is 484 g/mol. The number of carbonyl (C=O) groups excluding carboxylic acids is 2. The van der Waals surface area contributed by atoms with Gasteiger partial charge in [-0.1, -0.05) is 43.5 Å². The fraction of sp³-hybridized carbons (Fsp3) is 0.355. The van der Waals surface area contributed by atoms with Crippen LogP contribution in [0, 0.1) is 6.92 Å². The molecule has 0 amide bonds. The van der Waals surface area contributed by atoms with Crippen molar-refractivity contribution < 1.29 is 33.6 Å². The SMILES string of the molecule is C=CC(=O)OCCCOc1ccc(/C=C/c2ccc(OCCCCCCOC(=O)C(=C)CO)c(C)c2)cc1. The molecule has 204 valence electrons. The highest BCUT2D eigenvalue weighted by Gasteiger charge is 2.06. The van der Waals surface area contributed by atoms with E-state index in [1.807, 2.05) is 49.4 Å². The van der Waals surface area contributed by atoms with Crippen LogP contribution in [0.3, 0.4) is 0 Å². The molecule has 0 saturated carbocycles. The van der Waals surface area contributed by atoms with Crippen molar-refractivity contribution in [3.63, 3.8) is 0 Å². The molecule has 0 bridgehead atoms. The molecule has 0 aromatic heterocycles. The monoisotopic (exact) mass is 522 g/mol. The topological polar surface area (TPSA) is 91.3 Å². The Bertz CT molecular complexity index is 1070. The lowest BCUT2D eigenvalue weighted by Gasteiger charge is -2.10. The summed E-state index contributed by atoms with van der Waals surface area (Å²) in [5.41, 5.74) is 3.30. The Balaban J connectivity index is 1.66. The fourth-order valence-electron chi connectivity index (χ4n) is 3.36. The number of esters is 2. The van der Waals surface area contributed by atoms with Crippen LogP contribution in [-0.2, 0) is 19.1 Å². The van der Waals surface area contributed by atoms with Crippen molar-refractivity contribution in [1.82, 2.24) is 0 Å². The van der Waals surface area contributed by atoms with Gasteiger partial charge in [-0.2, -0.15) is 0 Å². The van der Waals surface area contributed by atoms with Crippen LogP contribution in [0.2, 0.25) is 0 Å². The Hall–Kier alpha value is -3.84. The molecule has 0 atom stereocenters. The molecule has 0 spiro atoms. The van der Waals surface area contributed by atoms with Crippen LogP contribution in [0.4, 0.5) is 0 Å². The Kier molecular flexibility index (Phi) is 14.1. The number of carbonyl (C=O) groups is 2. The number of hydrogen-bond acceptors (Lipinski definition) is 7. The second-order valence-corrected chi connectivity index (χ2v) is 8.66. The van der Waals surface area contributed by atoms with Crippen molar-refractivity contribution in [1.29, 1.82) is 0 Å². The van der Waals surface area contributed by atoms with E-state index in [9.17, 15) is 9.59 Å². The molecule has 0 heterocycles. The first-order chi connectivity index (χ1) is 18.4. The summed E-state index contributed by atoms with van der Waals surface area (Å²) in [7, 11) is 0. The van der Waals surface area contributed by atoms with Crippen molar-refractivity contribution in [2.24, 2.45) is 0 Å². The minimum atomic E-state index is -0.536. The Labute approximate surface area is 225 Å². The summed E-state index contributed by atoms with van der Waals surface area (Å²) in [5.74, 6) is 0.681. The minimum absolute atomic E-state index is 0.0781. The summed E-state index contributed by atoms with van der Waals surface area (Å²) in [6.45, 7) is 10.2. The van der Waals surface area contributed by atoms with E-state index >= 15 is 0 Å². The van der Waals surface area contributed by atoms with E-state index in [0.29, 0.717) is 32.8 Å². The summed E-state index contributed by atoms with van der Waals surface area (Å²) in [5, 5.41) is 8.83. The van der Waals surface area contributed by atoms with Crippen molar-refractivity contribution in [3.05, 3.63) is 84.0 Å². The molecule has 2 aromatic rings. The molecule has 2 aromatic carbocycles. The van der Waals surface area contributed by atoms with Gasteiger partial charge in [-0.15, -0.1) is 0 Å². The number of hydrogen-bond donors (Lipinski definition) is 1. The standard InChI is InChI=1S/C31H38O7/c1-4-30(33)37-21-9-20-35-28-15-12-26(13-16-28)10-11-27-14-17-29(24(2)22-27)36-18-7-5-6-8-19-38-31(34)25(3)23-32/h4,10-17,22,32H,1,3,5-9,18-21,23H2,2H3/b11-10+. The van der Waals surface area contributed by atoms with Crippen molar-refractivity contribution in [2.75, 3.05) is 33.0 Å². The average Bonchev–Trinajstić information content (AvgIpc) is 2.93. The first-order valence-corrected chi connectivity index (χ1v) is 12.8. The van der Waals surface area contributed by atoms with Gasteiger partial charge >= 0.3 is 11.9 Å². The molecule has 1 N–H and O–H groups in total. The second kappa shape index (κ2) is 17.6. The van der Waals surface area contributed by atoms with Crippen molar-refractivity contribution >= 4 is 24.1 Å². The lowest BCUT2D eigenvalue weighted by Crippen LogP contribution is -2.10. The highest BCUT2D eigenvalue weighted by atomic mass is 16.5. The van der Waals surface area contributed by atoms with Crippen LogP contribution in [0.1, 0.15) is 48.8 Å². The molecule has 7 heteroatoms. The molecule has 0 aliphatic rings. The maximum atomic E-state index is 11.4. The predicted octanol–water partition coefficient (Wildman–Crippen LogP) is 5.69. The number of ether oxygens (including phenoxy) is 4.